The first-order chi connectivity index (χ1) is 13.7. The molecule has 0 aliphatic carbocycles. The Morgan fingerprint density at radius 1 is 1.07 bits per heavy atom. The average molecular weight is 392 g/mol. The van der Waals surface area contributed by atoms with Crippen molar-refractivity contribution in [3.05, 3.63) is 77.8 Å². The van der Waals surface area contributed by atoms with E-state index in [0.29, 0.717) is 17.6 Å². The molecule has 0 bridgehead atoms. The molecular formula is C21H21N5OS. The minimum atomic E-state index is 0.417. The van der Waals surface area contributed by atoms with Crippen LogP contribution in [0.5, 0.6) is 11.6 Å². The van der Waals surface area contributed by atoms with E-state index in [1.165, 1.54) is 18.1 Å². The van der Waals surface area contributed by atoms with Crippen LogP contribution in [0.25, 0.3) is 11.3 Å². The van der Waals surface area contributed by atoms with E-state index in [2.05, 4.69) is 19.7 Å². The van der Waals surface area contributed by atoms with Crippen LogP contribution in [0.3, 0.4) is 0 Å². The van der Waals surface area contributed by atoms with Crippen molar-refractivity contribution in [2.45, 2.75) is 6.92 Å². The molecule has 0 saturated heterocycles. The fourth-order valence-electron chi connectivity index (χ4n) is 2.33. The molecule has 0 radical (unpaired) electrons. The summed E-state index contributed by atoms with van der Waals surface area (Å²) < 4.78 is 9.05. The number of aromatic nitrogens is 2. The molecule has 6 nitrogen and oxygen atoms in total. The second-order valence-electron chi connectivity index (χ2n) is 5.74. The van der Waals surface area contributed by atoms with Crippen LogP contribution in [0.4, 0.5) is 5.95 Å². The summed E-state index contributed by atoms with van der Waals surface area (Å²) in [7, 11) is 1.72. The number of nitrogens with one attached hydrogen (secondary N) is 1. The van der Waals surface area contributed by atoms with Gasteiger partial charge in [-0.2, -0.15) is 4.98 Å². The molecule has 0 aliphatic rings. The number of para-hydroxylation sites is 1. The van der Waals surface area contributed by atoms with Gasteiger partial charge in [0, 0.05) is 30.6 Å². The number of ether oxygens (including phenoxy) is 1. The van der Waals surface area contributed by atoms with Crippen LogP contribution >= 0.6 is 11.9 Å². The van der Waals surface area contributed by atoms with Gasteiger partial charge in [0.05, 0.1) is 10.6 Å². The van der Waals surface area contributed by atoms with Gasteiger partial charge in [-0.05, 0) is 31.0 Å². The fourth-order valence-corrected chi connectivity index (χ4v) is 2.93. The largest absolute Gasteiger partial charge is 0.439 e. The van der Waals surface area contributed by atoms with Crippen molar-refractivity contribution in [2.75, 3.05) is 11.8 Å². The van der Waals surface area contributed by atoms with E-state index in [1.54, 1.807) is 7.05 Å². The Labute approximate surface area is 168 Å². The van der Waals surface area contributed by atoms with E-state index < -0.39 is 0 Å². The molecule has 2 aromatic carbocycles. The van der Waals surface area contributed by atoms with Crippen LogP contribution in [0, 0.1) is 0 Å². The highest BCUT2D eigenvalue weighted by Gasteiger charge is 2.10. The SMILES string of the molecule is CN=C(C)C(=CN)SNc1nc(Oc2ccccc2)cc(-c2ccccc2)n1. The molecule has 0 fully saturated rings. The number of hydrogen-bond donors (Lipinski definition) is 2. The van der Waals surface area contributed by atoms with Gasteiger partial charge in [-0.15, -0.1) is 0 Å². The maximum Gasteiger partial charge on any atom is 0.237 e. The standard InChI is InChI=1S/C21H21N5OS/c1-15(23-2)19(14-22)28-26-21-24-18(16-9-5-3-6-10-16)13-20(25-21)27-17-11-7-4-8-12-17/h3-14H,22H2,1-2H3,(H,24,25,26). The maximum atomic E-state index is 5.92. The molecule has 7 heteroatoms. The zero-order valence-corrected chi connectivity index (χ0v) is 16.5. The average Bonchev–Trinajstić information content (AvgIpc) is 2.75. The van der Waals surface area contributed by atoms with E-state index in [4.69, 9.17) is 10.5 Å². The molecular weight excluding hydrogens is 370 g/mol. The molecule has 3 N–H and O–H groups in total. The first kappa shape index (κ1) is 19.4. The van der Waals surface area contributed by atoms with Gasteiger partial charge in [0.1, 0.15) is 5.75 Å². The monoisotopic (exact) mass is 391 g/mol. The normalized spacial score (nSPS) is 11.9. The molecule has 142 valence electrons. The first-order valence-corrected chi connectivity index (χ1v) is 9.47. The Hall–Kier alpha value is -3.32. The number of hydrogen-bond acceptors (Lipinski definition) is 7. The zero-order valence-electron chi connectivity index (χ0n) is 15.7. The van der Waals surface area contributed by atoms with Crippen LogP contribution in [-0.4, -0.2) is 22.7 Å². The number of allylic oxidation sites excluding steroid dienone is 1. The van der Waals surface area contributed by atoms with Gasteiger partial charge in [-0.3, -0.25) is 9.71 Å². The van der Waals surface area contributed by atoms with Crippen molar-refractivity contribution >= 4 is 23.6 Å². The molecule has 0 atom stereocenters. The fraction of sp³-hybridized carbons (Fsp3) is 0.0952. The van der Waals surface area contributed by atoms with Crippen molar-refractivity contribution in [1.29, 1.82) is 0 Å². The van der Waals surface area contributed by atoms with Crippen molar-refractivity contribution in [1.82, 2.24) is 9.97 Å². The lowest BCUT2D eigenvalue weighted by Crippen LogP contribution is -2.03. The molecule has 0 spiro atoms. The molecule has 0 aliphatic heterocycles. The number of anilines is 1. The van der Waals surface area contributed by atoms with E-state index in [1.807, 2.05) is 73.7 Å². The summed E-state index contributed by atoms with van der Waals surface area (Å²) in [6.07, 6.45) is 1.50. The van der Waals surface area contributed by atoms with Crippen LogP contribution in [0.1, 0.15) is 6.92 Å². The lowest BCUT2D eigenvalue weighted by molar-refractivity contribution is 0.463. The van der Waals surface area contributed by atoms with Gasteiger partial charge in [-0.1, -0.05) is 48.5 Å². The van der Waals surface area contributed by atoms with E-state index >= 15 is 0 Å². The molecule has 0 saturated carbocycles. The van der Waals surface area contributed by atoms with Gasteiger partial charge in [0.15, 0.2) is 0 Å². The highest BCUT2D eigenvalue weighted by Crippen LogP contribution is 2.27. The Balaban J connectivity index is 1.91. The van der Waals surface area contributed by atoms with E-state index in [9.17, 15) is 0 Å². The van der Waals surface area contributed by atoms with Gasteiger partial charge >= 0.3 is 0 Å². The van der Waals surface area contributed by atoms with Gasteiger partial charge in [-0.25, -0.2) is 4.98 Å². The Morgan fingerprint density at radius 3 is 2.39 bits per heavy atom. The molecule has 3 aromatic rings. The molecule has 0 amide bonds. The summed E-state index contributed by atoms with van der Waals surface area (Å²) in [5, 5.41) is 0. The Bertz CT molecular complexity index is 975. The lowest BCUT2D eigenvalue weighted by Gasteiger charge is -2.11. The lowest BCUT2D eigenvalue weighted by atomic mass is 10.1. The van der Waals surface area contributed by atoms with Gasteiger partial charge < -0.3 is 10.5 Å². The summed E-state index contributed by atoms with van der Waals surface area (Å²) >= 11 is 1.30. The number of rotatable bonds is 7. The van der Waals surface area contributed by atoms with Crippen LogP contribution in [0.2, 0.25) is 0 Å². The third kappa shape index (κ3) is 5.11. The molecule has 28 heavy (non-hydrogen) atoms. The summed E-state index contributed by atoms with van der Waals surface area (Å²) in [5.41, 5.74) is 8.24. The predicted octanol–water partition coefficient (Wildman–Crippen LogP) is 4.89. The van der Waals surface area contributed by atoms with E-state index in [-0.39, 0.29) is 0 Å². The van der Waals surface area contributed by atoms with Crippen LogP contribution in [0.15, 0.2) is 82.8 Å². The number of nitrogens with two attached hydrogens (primary N) is 1. The maximum absolute atomic E-state index is 5.92. The quantitative estimate of drug-likeness (QED) is 0.441. The topological polar surface area (TPSA) is 85.4 Å². The zero-order chi connectivity index (χ0) is 19.8. The second kappa shape index (κ2) is 9.57. The number of nitrogens with zero attached hydrogens (tertiary/aromatic N) is 3. The molecule has 3 rings (SSSR count). The first-order valence-electron chi connectivity index (χ1n) is 8.65. The van der Waals surface area contributed by atoms with Crippen LogP contribution < -0.4 is 15.2 Å². The number of aliphatic imine (C=N–C) groups is 1. The van der Waals surface area contributed by atoms with Crippen LogP contribution in [-0.2, 0) is 0 Å². The highest BCUT2D eigenvalue weighted by molar-refractivity contribution is 8.05. The highest BCUT2D eigenvalue weighted by atomic mass is 32.2. The van der Waals surface area contributed by atoms with Crippen molar-refractivity contribution in [2.24, 2.45) is 10.7 Å². The molecule has 0 unspecified atom stereocenters. The Kier molecular flexibility index (Phi) is 6.64. The summed E-state index contributed by atoms with van der Waals surface area (Å²) in [6.45, 7) is 1.89. The minimum Gasteiger partial charge on any atom is -0.439 e. The summed E-state index contributed by atoms with van der Waals surface area (Å²) in [6, 6.07) is 21.2. The van der Waals surface area contributed by atoms with Crippen molar-refractivity contribution in [3.63, 3.8) is 0 Å². The third-order valence-corrected chi connectivity index (χ3v) is 4.77. The van der Waals surface area contributed by atoms with Crippen molar-refractivity contribution < 1.29 is 4.74 Å². The Morgan fingerprint density at radius 2 is 1.75 bits per heavy atom. The molecule has 1 heterocycles. The second-order valence-corrected chi connectivity index (χ2v) is 6.59. The number of benzene rings is 2. The molecule has 1 aromatic heterocycles. The minimum absolute atomic E-state index is 0.417. The summed E-state index contributed by atoms with van der Waals surface area (Å²) in [5.74, 6) is 1.57. The predicted molar refractivity (Wildman–Crippen MR) is 117 cm³/mol. The smallest absolute Gasteiger partial charge is 0.237 e. The third-order valence-electron chi connectivity index (χ3n) is 3.83. The van der Waals surface area contributed by atoms with Crippen molar-refractivity contribution in [3.8, 4) is 22.9 Å². The summed E-state index contributed by atoms with van der Waals surface area (Å²) in [4.78, 5) is 14.0. The van der Waals surface area contributed by atoms with Gasteiger partial charge in [0.25, 0.3) is 0 Å². The van der Waals surface area contributed by atoms with Gasteiger partial charge in [0.2, 0.25) is 11.8 Å². The van der Waals surface area contributed by atoms with E-state index in [0.717, 1.165) is 21.9 Å².